The van der Waals surface area contributed by atoms with Gasteiger partial charge in [-0.1, -0.05) is 35.4 Å². The standard InChI is InChI=1S/C12H17BrN2O2/c1-8(13)7-14-10-6-11(16)15(12(10)17)9-4-2-3-5-9/h9-10,14H,1-7H2. The maximum Gasteiger partial charge on any atom is 0.247 e. The fourth-order valence-corrected chi connectivity index (χ4v) is 2.75. The molecule has 1 saturated heterocycles. The fraction of sp³-hybridized carbons (Fsp3) is 0.667. The van der Waals surface area contributed by atoms with Crippen LogP contribution >= 0.6 is 15.9 Å². The molecule has 0 aromatic heterocycles. The highest BCUT2D eigenvalue weighted by Crippen LogP contribution is 2.28. The number of halogens is 1. The summed E-state index contributed by atoms with van der Waals surface area (Å²) >= 11 is 3.23. The third kappa shape index (κ3) is 2.77. The molecule has 17 heavy (non-hydrogen) atoms. The van der Waals surface area contributed by atoms with Crippen molar-refractivity contribution in [3.8, 4) is 0 Å². The number of hydrogen-bond acceptors (Lipinski definition) is 3. The predicted molar refractivity (Wildman–Crippen MR) is 68.6 cm³/mol. The van der Waals surface area contributed by atoms with Crippen molar-refractivity contribution in [3.63, 3.8) is 0 Å². The Labute approximate surface area is 110 Å². The number of rotatable bonds is 4. The van der Waals surface area contributed by atoms with E-state index in [2.05, 4.69) is 27.8 Å². The summed E-state index contributed by atoms with van der Waals surface area (Å²) in [5.41, 5.74) is 0. The summed E-state index contributed by atoms with van der Waals surface area (Å²) in [5, 5.41) is 3.06. The molecular weight excluding hydrogens is 284 g/mol. The molecular formula is C12H17BrN2O2. The van der Waals surface area contributed by atoms with E-state index in [1.807, 2.05) is 0 Å². The van der Waals surface area contributed by atoms with Crippen LogP contribution in [-0.2, 0) is 9.59 Å². The van der Waals surface area contributed by atoms with Gasteiger partial charge in [0.25, 0.3) is 0 Å². The second-order valence-corrected chi connectivity index (χ2v) is 5.82. The monoisotopic (exact) mass is 300 g/mol. The van der Waals surface area contributed by atoms with E-state index in [1.54, 1.807) is 0 Å². The number of carbonyl (C=O) groups excluding carboxylic acids is 2. The number of nitrogens with zero attached hydrogens (tertiary/aromatic N) is 1. The number of carbonyl (C=O) groups is 2. The molecule has 2 aliphatic rings. The summed E-state index contributed by atoms with van der Waals surface area (Å²) in [5.74, 6) is -0.0877. The lowest BCUT2D eigenvalue weighted by molar-refractivity contribution is -0.141. The SMILES string of the molecule is C=C(Br)CNC1CC(=O)N(C2CCCC2)C1=O. The maximum absolute atomic E-state index is 12.1. The minimum atomic E-state index is -0.364. The molecule has 1 aliphatic heterocycles. The molecule has 1 unspecified atom stereocenters. The van der Waals surface area contributed by atoms with Gasteiger partial charge in [0.05, 0.1) is 12.5 Å². The summed E-state index contributed by atoms with van der Waals surface area (Å²) in [7, 11) is 0. The van der Waals surface area contributed by atoms with Crippen LogP contribution in [-0.4, -0.2) is 35.3 Å². The van der Waals surface area contributed by atoms with Crippen molar-refractivity contribution in [2.75, 3.05) is 6.54 Å². The van der Waals surface area contributed by atoms with Crippen molar-refractivity contribution >= 4 is 27.7 Å². The summed E-state index contributed by atoms with van der Waals surface area (Å²) in [4.78, 5) is 25.5. The molecule has 1 saturated carbocycles. The first kappa shape index (κ1) is 12.8. The largest absolute Gasteiger partial charge is 0.301 e. The third-order valence-electron chi connectivity index (χ3n) is 3.41. The minimum absolute atomic E-state index is 0.0282. The summed E-state index contributed by atoms with van der Waals surface area (Å²) in [6.45, 7) is 4.22. The highest BCUT2D eigenvalue weighted by molar-refractivity contribution is 9.11. The van der Waals surface area contributed by atoms with Crippen molar-refractivity contribution in [1.82, 2.24) is 10.2 Å². The van der Waals surface area contributed by atoms with Gasteiger partial charge < -0.3 is 5.32 Å². The van der Waals surface area contributed by atoms with Crippen LogP contribution < -0.4 is 5.32 Å². The minimum Gasteiger partial charge on any atom is -0.301 e. The Bertz CT molecular complexity index is 350. The smallest absolute Gasteiger partial charge is 0.247 e. The van der Waals surface area contributed by atoms with Gasteiger partial charge in [-0.15, -0.1) is 0 Å². The van der Waals surface area contributed by atoms with Crippen molar-refractivity contribution in [2.45, 2.75) is 44.2 Å². The number of amides is 2. The van der Waals surface area contributed by atoms with E-state index in [9.17, 15) is 9.59 Å². The van der Waals surface area contributed by atoms with Gasteiger partial charge in [0.1, 0.15) is 0 Å². The van der Waals surface area contributed by atoms with Crippen LogP contribution in [0.15, 0.2) is 11.1 Å². The number of hydrogen-bond donors (Lipinski definition) is 1. The Morgan fingerprint density at radius 3 is 2.65 bits per heavy atom. The van der Waals surface area contributed by atoms with Crippen LogP contribution in [0.25, 0.3) is 0 Å². The molecule has 94 valence electrons. The first-order chi connectivity index (χ1) is 8.09. The molecule has 0 aromatic rings. The summed E-state index contributed by atoms with van der Waals surface area (Å²) < 4.78 is 0.789. The van der Waals surface area contributed by atoms with Crippen LogP contribution in [0.5, 0.6) is 0 Å². The van der Waals surface area contributed by atoms with Crippen molar-refractivity contribution in [3.05, 3.63) is 11.1 Å². The van der Waals surface area contributed by atoms with Crippen molar-refractivity contribution in [1.29, 1.82) is 0 Å². The Morgan fingerprint density at radius 2 is 2.06 bits per heavy atom. The lowest BCUT2D eigenvalue weighted by atomic mass is 10.2. The Balaban J connectivity index is 1.98. The number of likely N-dealkylation sites (tertiary alicyclic amines) is 1. The van der Waals surface area contributed by atoms with Gasteiger partial charge >= 0.3 is 0 Å². The number of imide groups is 1. The van der Waals surface area contributed by atoms with E-state index in [-0.39, 0.29) is 30.3 Å². The van der Waals surface area contributed by atoms with Crippen LogP contribution in [0, 0.1) is 0 Å². The summed E-state index contributed by atoms with van der Waals surface area (Å²) in [6, 6.07) is -0.216. The van der Waals surface area contributed by atoms with Gasteiger partial charge in [0.2, 0.25) is 11.8 Å². The Kier molecular flexibility index (Phi) is 3.99. The van der Waals surface area contributed by atoms with E-state index in [4.69, 9.17) is 0 Å². The Hall–Kier alpha value is -0.680. The lowest BCUT2D eigenvalue weighted by Gasteiger charge is -2.22. The van der Waals surface area contributed by atoms with Crippen molar-refractivity contribution < 1.29 is 9.59 Å². The average Bonchev–Trinajstić information content (AvgIpc) is 2.84. The zero-order chi connectivity index (χ0) is 12.4. The van der Waals surface area contributed by atoms with Gasteiger partial charge in [-0.25, -0.2) is 0 Å². The van der Waals surface area contributed by atoms with Crippen LogP contribution in [0.2, 0.25) is 0 Å². The zero-order valence-corrected chi connectivity index (χ0v) is 11.3. The molecule has 0 bridgehead atoms. The highest BCUT2D eigenvalue weighted by Gasteiger charge is 2.42. The lowest BCUT2D eigenvalue weighted by Crippen LogP contribution is -2.43. The van der Waals surface area contributed by atoms with Gasteiger partial charge in [-0.05, 0) is 12.8 Å². The van der Waals surface area contributed by atoms with Gasteiger partial charge in [0.15, 0.2) is 0 Å². The molecule has 2 fully saturated rings. The maximum atomic E-state index is 12.1. The van der Waals surface area contributed by atoms with Gasteiger partial charge in [-0.3, -0.25) is 14.5 Å². The molecule has 0 aromatic carbocycles. The van der Waals surface area contributed by atoms with Crippen LogP contribution in [0.4, 0.5) is 0 Å². The second-order valence-electron chi connectivity index (χ2n) is 4.70. The second kappa shape index (κ2) is 5.31. The van der Waals surface area contributed by atoms with Gasteiger partial charge in [0, 0.05) is 17.1 Å². The zero-order valence-electron chi connectivity index (χ0n) is 9.75. The molecule has 0 radical (unpaired) electrons. The first-order valence-electron chi connectivity index (χ1n) is 6.02. The quantitative estimate of drug-likeness (QED) is 0.802. The third-order valence-corrected chi connectivity index (χ3v) is 3.69. The molecule has 1 atom stereocenters. The van der Waals surface area contributed by atoms with E-state index < -0.39 is 0 Å². The Morgan fingerprint density at radius 1 is 1.41 bits per heavy atom. The molecule has 0 spiro atoms. The van der Waals surface area contributed by atoms with E-state index in [0.717, 1.165) is 30.2 Å². The number of nitrogens with one attached hydrogen (secondary N) is 1. The van der Waals surface area contributed by atoms with Crippen molar-refractivity contribution in [2.24, 2.45) is 0 Å². The topological polar surface area (TPSA) is 49.4 Å². The molecule has 4 nitrogen and oxygen atoms in total. The molecule has 5 heteroatoms. The van der Waals surface area contributed by atoms with Crippen LogP contribution in [0.3, 0.4) is 0 Å². The van der Waals surface area contributed by atoms with E-state index in [0.29, 0.717) is 6.54 Å². The molecule has 1 heterocycles. The molecule has 1 N–H and O–H groups in total. The first-order valence-corrected chi connectivity index (χ1v) is 6.81. The highest BCUT2D eigenvalue weighted by atomic mass is 79.9. The average molecular weight is 301 g/mol. The van der Waals surface area contributed by atoms with Crippen LogP contribution in [0.1, 0.15) is 32.1 Å². The predicted octanol–water partition coefficient (Wildman–Crippen LogP) is 1.55. The molecule has 2 rings (SSSR count). The van der Waals surface area contributed by atoms with Gasteiger partial charge in [-0.2, -0.15) is 0 Å². The molecule has 2 amide bonds. The van der Waals surface area contributed by atoms with E-state index in [1.165, 1.54) is 4.90 Å². The summed E-state index contributed by atoms with van der Waals surface area (Å²) in [6.07, 6.45) is 4.47. The molecule has 1 aliphatic carbocycles. The van der Waals surface area contributed by atoms with E-state index >= 15 is 0 Å². The normalized spacial score (nSPS) is 25.9. The fourth-order valence-electron chi connectivity index (χ4n) is 2.59.